The molecular formula is C14H18FN3. The van der Waals surface area contributed by atoms with Gasteiger partial charge in [-0.15, -0.1) is 0 Å². The van der Waals surface area contributed by atoms with Crippen molar-refractivity contribution in [2.24, 2.45) is 0 Å². The van der Waals surface area contributed by atoms with Crippen molar-refractivity contribution in [1.82, 2.24) is 15.1 Å². The maximum atomic E-state index is 13.2. The van der Waals surface area contributed by atoms with Crippen LogP contribution in [-0.4, -0.2) is 15.8 Å². The lowest BCUT2D eigenvalue weighted by atomic mass is 10.2. The van der Waals surface area contributed by atoms with Crippen molar-refractivity contribution in [3.8, 4) is 5.69 Å². The summed E-state index contributed by atoms with van der Waals surface area (Å²) in [5, 5.41) is 7.77. The van der Waals surface area contributed by atoms with Crippen LogP contribution in [0.25, 0.3) is 5.69 Å². The second-order valence-corrected chi connectivity index (χ2v) is 4.72. The zero-order chi connectivity index (χ0) is 13.1. The summed E-state index contributed by atoms with van der Waals surface area (Å²) < 4.78 is 15.0. The van der Waals surface area contributed by atoms with Gasteiger partial charge in [0.15, 0.2) is 0 Å². The molecular weight excluding hydrogens is 229 g/mol. The zero-order valence-corrected chi connectivity index (χ0v) is 10.9. The minimum absolute atomic E-state index is 0.187. The van der Waals surface area contributed by atoms with Crippen molar-refractivity contribution in [1.29, 1.82) is 0 Å². The summed E-state index contributed by atoms with van der Waals surface area (Å²) in [6.07, 6.45) is 1.89. The Bertz CT molecular complexity index is 532. The van der Waals surface area contributed by atoms with Crippen molar-refractivity contribution in [2.75, 3.05) is 0 Å². The summed E-state index contributed by atoms with van der Waals surface area (Å²) >= 11 is 0. The molecule has 0 aliphatic carbocycles. The fraction of sp³-hybridized carbons (Fsp3) is 0.357. The Morgan fingerprint density at radius 1 is 1.33 bits per heavy atom. The van der Waals surface area contributed by atoms with Crippen LogP contribution < -0.4 is 5.32 Å². The molecule has 0 aliphatic heterocycles. The Balaban J connectivity index is 2.16. The number of rotatable bonds is 4. The number of aromatic nitrogens is 2. The van der Waals surface area contributed by atoms with Crippen LogP contribution in [0.3, 0.4) is 0 Å². The van der Waals surface area contributed by atoms with E-state index in [9.17, 15) is 4.39 Å². The molecule has 1 aromatic heterocycles. The van der Waals surface area contributed by atoms with Crippen molar-refractivity contribution >= 4 is 0 Å². The van der Waals surface area contributed by atoms with Crippen LogP contribution in [0.1, 0.15) is 25.1 Å². The number of halogens is 1. The van der Waals surface area contributed by atoms with Gasteiger partial charge in [-0.1, -0.05) is 13.8 Å². The number of nitrogens with zero attached hydrogens (tertiary/aromatic N) is 2. The monoisotopic (exact) mass is 247 g/mol. The molecule has 0 fully saturated rings. The molecule has 1 N–H and O–H groups in total. The average molecular weight is 247 g/mol. The largest absolute Gasteiger partial charge is 0.309 e. The third-order valence-electron chi connectivity index (χ3n) is 2.74. The second kappa shape index (κ2) is 5.31. The third-order valence-corrected chi connectivity index (χ3v) is 2.74. The van der Waals surface area contributed by atoms with Crippen LogP contribution in [-0.2, 0) is 6.54 Å². The molecule has 0 bridgehead atoms. The van der Waals surface area contributed by atoms with Crippen LogP contribution >= 0.6 is 0 Å². The van der Waals surface area contributed by atoms with E-state index < -0.39 is 0 Å². The van der Waals surface area contributed by atoms with Crippen molar-refractivity contribution < 1.29 is 4.39 Å². The van der Waals surface area contributed by atoms with Gasteiger partial charge in [0.2, 0.25) is 0 Å². The van der Waals surface area contributed by atoms with E-state index in [0.29, 0.717) is 11.6 Å². The first kappa shape index (κ1) is 12.8. The van der Waals surface area contributed by atoms with Crippen LogP contribution in [0, 0.1) is 12.7 Å². The summed E-state index contributed by atoms with van der Waals surface area (Å²) in [7, 11) is 0. The summed E-state index contributed by atoms with van der Waals surface area (Å²) in [4.78, 5) is 0. The molecule has 0 amide bonds. The van der Waals surface area contributed by atoms with Gasteiger partial charge in [-0.2, -0.15) is 5.10 Å². The predicted molar refractivity (Wildman–Crippen MR) is 70.2 cm³/mol. The minimum Gasteiger partial charge on any atom is -0.309 e. The molecule has 0 aliphatic rings. The molecule has 1 aromatic carbocycles. The summed E-state index contributed by atoms with van der Waals surface area (Å²) in [5.41, 5.74) is 2.49. The van der Waals surface area contributed by atoms with Gasteiger partial charge in [-0.3, -0.25) is 0 Å². The van der Waals surface area contributed by atoms with Gasteiger partial charge in [-0.25, -0.2) is 9.07 Å². The average Bonchev–Trinajstić information content (AvgIpc) is 2.79. The number of hydrogen-bond acceptors (Lipinski definition) is 2. The summed E-state index contributed by atoms with van der Waals surface area (Å²) in [5.74, 6) is -0.187. The number of aryl methyl sites for hydroxylation is 1. The highest BCUT2D eigenvalue weighted by Crippen LogP contribution is 2.13. The molecule has 1 heterocycles. The van der Waals surface area contributed by atoms with E-state index >= 15 is 0 Å². The van der Waals surface area contributed by atoms with E-state index in [0.717, 1.165) is 17.9 Å². The molecule has 3 nitrogen and oxygen atoms in total. The van der Waals surface area contributed by atoms with E-state index in [2.05, 4.69) is 24.3 Å². The first-order chi connectivity index (χ1) is 8.56. The molecule has 0 saturated carbocycles. The van der Waals surface area contributed by atoms with Gasteiger partial charge >= 0.3 is 0 Å². The molecule has 4 heteroatoms. The molecule has 2 rings (SSSR count). The van der Waals surface area contributed by atoms with Crippen molar-refractivity contribution in [2.45, 2.75) is 33.4 Å². The molecule has 18 heavy (non-hydrogen) atoms. The van der Waals surface area contributed by atoms with Crippen LogP contribution in [0.2, 0.25) is 0 Å². The Morgan fingerprint density at radius 3 is 2.78 bits per heavy atom. The number of hydrogen-bond donors (Lipinski definition) is 1. The lowest BCUT2D eigenvalue weighted by Crippen LogP contribution is -2.22. The summed E-state index contributed by atoms with van der Waals surface area (Å²) in [6, 6.07) is 7.40. The van der Waals surface area contributed by atoms with E-state index in [-0.39, 0.29) is 5.82 Å². The fourth-order valence-corrected chi connectivity index (χ4v) is 1.68. The molecule has 2 aromatic rings. The Labute approximate surface area is 107 Å². The van der Waals surface area contributed by atoms with Gasteiger partial charge in [0, 0.05) is 18.8 Å². The quantitative estimate of drug-likeness (QED) is 0.900. The van der Waals surface area contributed by atoms with Gasteiger partial charge in [0.05, 0.1) is 11.4 Å². The number of benzene rings is 1. The highest BCUT2D eigenvalue weighted by molar-refractivity contribution is 5.35. The molecule has 0 atom stereocenters. The van der Waals surface area contributed by atoms with Gasteiger partial charge in [0.25, 0.3) is 0 Å². The lowest BCUT2D eigenvalue weighted by Gasteiger charge is -2.06. The third kappa shape index (κ3) is 2.96. The SMILES string of the molecule is Cc1cc(-n2ccc(CNC(C)C)n2)ccc1F. The molecule has 0 radical (unpaired) electrons. The molecule has 0 spiro atoms. The Kier molecular flexibility index (Phi) is 3.77. The molecule has 0 saturated heterocycles. The predicted octanol–water partition coefficient (Wildman–Crippen LogP) is 2.82. The Morgan fingerprint density at radius 2 is 2.11 bits per heavy atom. The van der Waals surface area contributed by atoms with E-state index in [1.54, 1.807) is 23.7 Å². The molecule has 96 valence electrons. The minimum atomic E-state index is -0.187. The van der Waals surface area contributed by atoms with Gasteiger partial charge in [0.1, 0.15) is 5.82 Å². The van der Waals surface area contributed by atoms with Crippen LogP contribution in [0.4, 0.5) is 4.39 Å². The van der Waals surface area contributed by atoms with Gasteiger partial charge in [-0.05, 0) is 36.8 Å². The zero-order valence-electron chi connectivity index (χ0n) is 10.9. The van der Waals surface area contributed by atoms with Crippen molar-refractivity contribution in [3.63, 3.8) is 0 Å². The van der Waals surface area contributed by atoms with E-state index in [1.807, 2.05) is 12.3 Å². The van der Waals surface area contributed by atoms with Gasteiger partial charge < -0.3 is 5.32 Å². The lowest BCUT2D eigenvalue weighted by molar-refractivity contribution is 0.578. The number of nitrogens with one attached hydrogen (secondary N) is 1. The first-order valence-electron chi connectivity index (χ1n) is 6.10. The maximum Gasteiger partial charge on any atom is 0.126 e. The van der Waals surface area contributed by atoms with Crippen LogP contribution in [0.5, 0.6) is 0 Å². The maximum absolute atomic E-state index is 13.2. The highest BCUT2D eigenvalue weighted by Gasteiger charge is 2.04. The standard InChI is InChI=1S/C14H18FN3/c1-10(2)16-9-12-6-7-18(17-12)13-4-5-14(15)11(3)8-13/h4-8,10,16H,9H2,1-3H3. The normalized spacial score (nSPS) is 11.2. The smallest absolute Gasteiger partial charge is 0.126 e. The fourth-order valence-electron chi connectivity index (χ4n) is 1.68. The molecule has 0 unspecified atom stereocenters. The van der Waals surface area contributed by atoms with E-state index in [4.69, 9.17) is 0 Å². The van der Waals surface area contributed by atoms with E-state index in [1.165, 1.54) is 6.07 Å². The highest BCUT2D eigenvalue weighted by atomic mass is 19.1. The van der Waals surface area contributed by atoms with Crippen LogP contribution in [0.15, 0.2) is 30.5 Å². The first-order valence-corrected chi connectivity index (χ1v) is 6.10. The topological polar surface area (TPSA) is 29.9 Å². The van der Waals surface area contributed by atoms with Crippen molar-refractivity contribution in [3.05, 3.63) is 47.5 Å². The second-order valence-electron chi connectivity index (χ2n) is 4.72. The summed E-state index contributed by atoms with van der Waals surface area (Å²) in [6.45, 7) is 6.69. The Hall–Kier alpha value is -1.68.